The number of hydrogen-bond acceptors (Lipinski definition) is 2. The Labute approximate surface area is 123 Å². The van der Waals surface area contributed by atoms with Gasteiger partial charge in [-0.25, -0.2) is 0 Å². The number of nitrogen functional groups attached to an aromatic ring is 1. The van der Waals surface area contributed by atoms with Crippen LogP contribution in [-0.2, 0) is 10.2 Å². The molecule has 0 aliphatic rings. The Morgan fingerprint density at radius 1 is 1.25 bits per heavy atom. The summed E-state index contributed by atoms with van der Waals surface area (Å²) in [7, 11) is 0. The molecule has 3 nitrogen and oxygen atoms in total. The van der Waals surface area contributed by atoms with Crippen LogP contribution >= 0.6 is 0 Å². The second-order valence-electron chi connectivity index (χ2n) is 6.10. The van der Waals surface area contributed by atoms with E-state index in [2.05, 4.69) is 13.8 Å². The van der Waals surface area contributed by atoms with E-state index in [1.807, 2.05) is 49.9 Å². The highest BCUT2D eigenvalue weighted by Crippen LogP contribution is 2.27. The summed E-state index contributed by atoms with van der Waals surface area (Å²) in [6, 6.07) is 7.61. The van der Waals surface area contributed by atoms with Crippen molar-refractivity contribution in [2.45, 2.75) is 46.5 Å². The molecule has 2 N–H and O–H groups in total. The SMILES string of the molecule is CCC(C)CN(CC)C(=O)C(C)(C)c1ccc(N)cc1. The zero-order chi connectivity index (χ0) is 15.3. The van der Waals surface area contributed by atoms with Crippen LogP contribution in [0.5, 0.6) is 0 Å². The van der Waals surface area contributed by atoms with Crippen LogP contribution in [0.2, 0.25) is 0 Å². The molecule has 1 rings (SSSR count). The molecule has 1 atom stereocenters. The Balaban J connectivity index is 2.94. The molecule has 0 fully saturated rings. The minimum absolute atomic E-state index is 0.185. The normalized spacial score (nSPS) is 13.1. The van der Waals surface area contributed by atoms with Crippen molar-refractivity contribution in [2.24, 2.45) is 5.92 Å². The summed E-state index contributed by atoms with van der Waals surface area (Å²) in [6.45, 7) is 11.9. The standard InChI is InChI=1S/C17H28N2O/c1-6-13(3)12-19(7-2)16(20)17(4,5)14-8-10-15(18)11-9-14/h8-11,13H,6-7,12,18H2,1-5H3. The lowest BCUT2D eigenvalue weighted by Crippen LogP contribution is -2.45. The molecule has 1 amide bonds. The second-order valence-corrected chi connectivity index (χ2v) is 6.10. The molecule has 0 bridgehead atoms. The Morgan fingerprint density at radius 3 is 2.25 bits per heavy atom. The minimum Gasteiger partial charge on any atom is -0.399 e. The van der Waals surface area contributed by atoms with Crippen molar-refractivity contribution >= 4 is 11.6 Å². The molecule has 1 aromatic carbocycles. The number of carbonyl (C=O) groups excluding carboxylic acids is 1. The first-order valence-electron chi connectivity index (χ1n) is 7.48. The molecule has 0 radical (unpaired) electrons. The number of amides is 1. The van der Waals surface area contributed by atoms with Gasteiger partial charge in [0.1, 0.15) is 0 Å². The molecule has 1 aromatic rings. The average molecular weight is 276 g/mol. The van der Waals surface area contributed by atoms with Gasteiger partial charge < -0.3 is 10.6 Å². The van der Waals surface area contributed by atoms with E-state index in [1.54, 1.807) is 0 Å². The smallest absolute Gasteiger partial charge is 0.232 e. The number of nitrogens with two attached hydrogens (primary N) is 1. The topological polar surface area (TPSA) is 46.3 Å². The number of likely N-dealkylation sites (N-methyl/N-ethyl adjacent to an activating group) is 1. The molecule has 3 heteroatoms. The molecule has 20 heavy (non-hydrogen) atoms. The molecule has 0 aliphatic heterocycles. The summed E-state index contributed by atoms with van der Waals surface area (Å²) in [6.07, 6.45) is 1.09. The third-order valence-corrected chi connectivity index (χ3v) is 4.06. The highest BCUT2D eigenvalue weighted by molar-refractivity contribution is 5.87. The Morgan fingerprint density at radius 2 is 1.80 bits per heavy atom. The predicted molar refractivity (Wildman–Crippen MR) is 85.6 cm³/mol. The number of benzene rings is 1. The highest BCUT2D eigenvalue weighted by Gasteiger charge is 2.33. The summed E-state index contributed by atoms with van der Waals surface area (Å²) in [5, 5.41) is 0. The van der Waals surface area contributed by atoms with E-state index in [9.17, 15) is 4.79 Å². The first kappa shape index (κ1) is 16.5. The molecule has 0 heterocycles. The van der Waals surface area contributed by atoms with Crippen molar-refractivity contribution in [2.75, 3.05) is 18.8 Å². The monoisotopic (exact) mass is 276 g/mol. The van der Waals surface area contributed by atoms with E-state index in [0.717, 1.165) is 30.8 Å². The van der Waals surface area contributed by atoms with Crippen molar-refractivity contribution in [3.8, 4) is 0 Å². The first-order valence-corrected chi connectivity index (χ1v) is 7.48. The number of anilines is 1. The maximum absolute atomic E-state index is 12.8. The number of rotatable bonds is 6. The van der Waals surface area contributed by atoms with Gasteiger partial charge in [0.2, 0.25) is 5.91 Å². The largest absolute Gasteiger partial charge is 0.399 e. The molecular weight excluding hydrogens is 248 g/mol. The molecule has 0 aromatic heterocycles. The van der Waals surface area contributed by atoms with Gasteiger partial charge in [-0.2, -0.15) is 0 Å². The van der Waals surface area contributed by atoms with Crippen LogP contribution in [0, 0.1) is 5.92 Å². The fourth-order valence-corrected chi connectivity index (χ4v) is 2.28. The lowest BCUT2D eigenvalue weighted by Gasteiger charge is -2.33. The number of hydrogen-bond donors (Lipinski definition) is 1. The third-order valence-electron chi connectivity index (χ3n) is 4.06. The molecule has 0 aliphatic carbocycles. The predicted octanol–water partition coefficient (Wildman–Crippen LogP) is 3.44. The quantitative estimate of drug-likeness (QED) is 0.809. The van der Waals surface area contributed by atoms with Gasteiger partial charge in [-0.05, 0) is 44.4 Å². The zero-order valence-corrected chi connectivity index (χ0v) is 13.4. The van der Waals surface area contributed by atoms with E-state index in [1.165, 1.54) is 0 Å². The highest BCUT2D eigenvalue weighted by atomic mass is 16.2. The molecule has 1 unspecified atom stereocenters. The van der Waals surface area contributed by atoms with Crippen molar-refractivity contribution < 1.29 is 4.79 Å². The van der Waals surface area contributed by atoms with Crippen LogP contribution in [-0.4, -0.2) is 23.9 Å². The summed E-state index contributed by atoms with van der Waals surface area (Å²) in [5.41, 5.74) is 6.94. The van der Waals surface area contributed by atoms with E-state index >= 15 is 0 Å². The van der Waals surface area contributed by atoms with Gasteiger partial charge >= 0.3 is 0 Å². The van der Waals surface area contributed by atoms with Crippen molar-refractivity contribution in [3.05, 3.63) is 29.8 Å². The Hall–Kier alpha value is -1.51. The van der Waals surface area contributed by atoms with E-state index < -0.39 is 5.41 Å². The second kappa shape index (κ2) is 6.78. The van der Waals surface area contributed by atoms with Crippen LogP contribution in [0.15, 0.2) is 24.3 Å². The van der Waals surface area contributed by atoms with Gasteiger partial charge in [-0.3, -0.25) is 4.79 Å². The van der Waals surface area contributed by atoms with Gasteiger partial charge in [0.05, 0.1) is 5.41 Å². The van der Waals surface area contributed by atoms with Crippen molar-refractivity contribution in [1.29, 1.82) is 0 Å². The molecule has 0 spiro atoms. The summed E-state index contributed by atoms with van der Waals surface area (Å²) < 4.78 is 0. The number of carbonyl (C=O) groups is 1. The summed E-state index contributed by atoms with van der Waals surface area (Å²) in [4.78, 5) is 14.8. The minimum atomic E-state index is -0.517. The van der Waals surface area contributed by atoms with E-state index in [0.29, 0.717) is 5.92 Å². The number of nitrogens with zero attached hydrogens (tertiary/aromatic N) is 1. The molecule has 112 valence electrons. The van der Waals surface area contributed by atoms with Crippen molar-refractivity contribution in [3.63, 3.8) is 0 Å². The van der Waals surface area contributed by atoms with Crippen LogP contribution in [0.25, 0.3) is 0 Å². The van der Waals surface area contributed by atoms with Gasteiger partial charge in [0.15, 0.2) is 0 Å². The average Bonchev–Trinajstić information content (AvgIpc) is 2.44. The molecular formula is C17H28N2O. The molecule has 0 saturated heterocycles. The Kier molecular flexibility index (Phi) is 5.61. The van der Waals surface area contributed by atoms with Crippen LogP contribution in [0.4, 0.5) is 5.69 Å². The van der Waals surface area contributed by atoms with Gasteiger partial charge in [0.25, 0.3) is 0 Å². The maximum atomic E-state index is 12.8. The van der Waals surface area contributed by atoms with Crippen LogP contribution in [0.3, 0.4) is 0 Å². The maximum Gasteiger partial charge on any atom is 0.232 e. The first-order chi connectivity index (χ1) is 9.32. The lowest BCUT2D eigenvalue weighted by atomic mass is 9.83. The van der Waals surface area contributed by atoms with Gasteiger partial charge in [-0.15, -0.1) is 0 Å². The third kappa shape index (κ3) is 3.75. The van der Waals surface area contributed by atoms with Gasteiger partial charge in [0, 0.05) is 18.8 Å². The molecule has 0 saturated carbocycles. The van der Waals surface area contributed by atoms with E-state index in [4.69, 9.17) is 5.73 Å². The summed E-state index contributed by atoms with van der Waals surface area (Å²) in [5.74, 6) is 0.714. The fraction of sp³-hybridized carbons (Fsp3) is 0.588. The van der Waals surface area contributed by atoms with Crippen LogP contribution < -0.4 is 5.73 Å². The van der Waals surface area contributed by atoms with E-state index in [-0.39, 0.29) is 5.91 Å². The van der Waals surface area contributed by atoms with Crippen molar-refractivity contribution in [1.82, 2.24) is 4.90 Å². The van der Waals surface area contributed by atoms with Gasteiger partial charge in [-0.1, -0.05) is 32.4 Å². The fourth-order valence-electron chi connectivity index (χ4n) is 2.28. The zero-order valence-electron chi connectivity index (χ0n) is 13.4. The Bertz CT molecular complexity index is 437. The lowest BCUT2D eigenvalue weighted by molar-refractivity contribution is -0.136. The van der Waals surface area contributed by atoms with Crippen LogP contribution in [0.1, 0.15) is 46.6 Å². The summed E-state index contributed by atoms with van der Waals surface area (Å²) >= 11 is 0.